The van der Waals surface area contributed by atoms with Gasteiger partial charge in [0.2, 0.25) is 10.0 Å². The number of benzene rings is 1. The average molecular weight is 358 g/mol. The van der Waals surface area contributed by atoms with Gasteiger partial charge >= 0.3 is 5.97 Å². The summed E-state index contributed by atoms with van der Waals surface area (Å²) in [7, 11) is -3.99. The molecule has 0 aliphatic rings. The Bertz CT molecular complexity index is 572. The Balaban J connectivity index is 3.00. The number of carboxylic acid groups (broad SMARTS) is 1. The maximum absolute atomic E-state index is 12.1. The van der Waals surface area contributed by atoms with Crippen molar-refractivity contribution in [2.24, 2.45) is 0 Å². The Kier molecular flexibility index (Phi) is 6.60. The van der Waals surface area contributed by atoms with Gasteiger partial charge in [0, 0.05) is 10.0 Å². The van der Waals surface area contributed by atoms with Crippen LogP contribution in [0.1, 0.15) is 6.42 Å². The van der Waals surface area contributed by atoms with Crippen LogP contribution in [0.25, 0.3) is 0 Å². The Labute approximate surface area is 131 Å². The lowest BCUT2D eigenvalue weighted by Crippen LogP contribution is -2.41. The molecule has 0 amide bonds. The molecule has 0 radical (unpaired) electrons. The molecule has 0 saturated heterocycles. The number of thioether (sulfide) groups is 1. The molecule has 1 atom stereocenters. The third-order valence-corrected chi connectivity index (χ3v) is 4.88. The van der Waals surface area contributed by atoms with Crippen molar-refractivity contribution >= 4 is 51.0 Å². The molecule has 0 spiro atoms. The standard InChI is InChI=1S/C11H13Cl2NO4S2/c1-19-3-2-10(11(15)16)14-20(17,18)9-5-7(12)4-8(13)6-9/h4-6,10,14H,2-3H2,1H3,(H,15,16)/t10-/m1/s1. The van der Waals surface area contributed by atoms with Crippen molar-refractivity contribution in [2.75, 3.05) is 12.0 Å². The normalized spacial score (nSPS) is 13.2. The first kappa shape index (κ1) is 17.6. The zero-order valence-corrected chi connectivity index (χ0v) is 13.6. The predicted octanol–water partition coefficient (Wildman–Crippen LogP) is 2.48. The van der Waals surface area contributed by atoms with Crippen molar-refractivity contribution in [1.82, 2.24) is 4.72 Å². The summed E-state index contributed by atoms with van der Waals surface area (Å²) in [6, 6.07) is 2.63. The van der Waals surface area contributed by atoms with Gasteiger partial charge in [-0.25, -0.2) is 8.42 Å². The van der Waals surface area contributed by atoms with E-state index in [9.17, 15) is 13.2 Å². The van der Waals surface area contributed by atoms with E-state index in [2.05, 4.69) is 4.72 Å². The molecule has 0 aromatic heterocycles. The number of aliphatic carboxylic acids is 1. The second-order valence-corrected chi connectivity index (χ2v) is 7.47. The van der Waals surface area contributed by atoms with Crippen LogP contribution in [0, 0.1) is 0 Å². The Morgan fingerprint density at radius 1 is 1.35 bits per heavy atom. The zero-order valence-electron chi connectivity index (χ0n) is 10.5. The van der Waals surface area contributed by atoms with E-state index in [1.165, 1.54) is 30.0 Å². The van der Waals surface area contributed by atoms with Crippen LogP contribution in [0.3, 0.4) is 0 Å². The van der Waals surface area contributed by atoms with E-state index in [0.29, 0.717) is 5.75 Å². The van der Waals surface area contributed by atoms with Gasteiger partial charge < -0.3 is 5.11 Å². The van der Waals surface area contributed by atoms with Gasteiger partial charge in [0.25, 0.3) is 0 Å². The number of hydrogen-bond donors (Lipinski definition) is 2. The summed E-state index contributed by atoms with van der Waals surface area (Å²) in [6.45, 7) is 0. The molecule has 9 heteroatoms. The lowest BCUT2D eigenvalue weighted by Gasteiger charge is -2.14. The highest BCUT2D eigenvalue weighted by atomic mass is 35.5. The summed E-state index contributed by atoms with van der Waals surface area (Å²) in [6.07, 6.45) is 1.99. The fourth-order valence-corrected chi connectivity index (χ4v) is 3.83. The number of nitrogens with one attached hydrogen (secondary N) is 1. The molecule has 0 aliphatic heterocycles. The first-order chi connectivity index (χ1) is 9.26. The number of carbonyl (C=O) groups is 1. The highest BCUT2D eigenvalue weighted by Gasteiger charge is 2.25. The van der Waals surface area contributed by atoms with Gasteiger partial charge in [-0.1, -0.05) is 23.2 Å². The van der Waals surface area contributed by atoms with Gasteiger partial charge in [-0.2, -0.15) is 16.5 Å². The van der Waals surface area contributed by atoms with Crippen LogP contribution in [0.4, 0.5) is 0 Å². The van der Waals surface area contributed by atoms with Crippen molar-refractivity contribution in [3.8, 4) is 0 Å². The molecule has 20 heavy (non-hydrogen) atoms. The van der Waals surface area contributed by atoms with E-state index in [0.717, 1.165) is 0 Å². The smallest absolute Gasteiger partial charge is 0.321 e. The minimum Gasteiger partial charge on any atom is -0.480 e. The molecule has 1 rings (SSSR count). The van der Waals surface area contributed by atoms with Gasteiger partial charge in [0.1, 0.15) is 6.04 Å². The first-order valence-electron chi connectivity index (χ1n) is 5.46. The van der Waals surface area contributed by atoms with Crippen LogP contribution < -0.4 is 4.72 Å². The molecule has 2 N–H and O–H groups in total. The number of sulfonamides is 1. The third-order valence-electron chi connectivity index (χ3n) is 2.35. The molecule has 0 fully saturated rings. The molecule has 1 aromatic rings. The lowest BCUT2D eigenvalue weighted by atomic mass is 10.2. The zero-order chi connectivity index (χ0) is 15.3. The Morgan fingerprint density at radius 3 is 2.35 bits per heavy atom. The van der Waals surface area contributed by atoms with E-state index in [1.54, 1.807) is 0 Å². The van der Waals surface area contributed by atoms with Crippen molar-refractivity contribution < 1.29 is 18.3 Å². The summed E-state index contributed by atoms with van der Waals surface area (Å²) in [4.78, 5) is 10.9. The molecule has 0 heterocycles. The first-order valence-corrected chi connectivity index (χ1v) is 9.09. The molecule has 1 aromatic carbocycles. The maximum Gasteiger partial charge on any atom is 0.321 e. The molecule has 5 nitrogen and oxygen atoms in total. The van der Waals surface area contributed by atoms with E-state index in [4.69, 9.17) is 28.3 Å². The minimum atomic E-state index is -3.99. The van der Waals surface area contributed by atoms with Crippen molar-refractivity contribution in [1.29, 1.82) is 0 Å². The second kappa shape index (κ2) is 7.51. The van der Waals surface area contributed by atoms with Crippen LogP contribution >= 0.6 is 35.0 Å². The number of hydrogen-bond acceptors (Lipinski definition) is 4. The van der Waals surface area contributed by atoms with E-state index < -0.39 is 22.0 Å². The molecule has 0 saturated carbocycles. The van der Waals surface area contributed by atoms with Gasteiger partial charge in [0.05, 0.1) is 4.90 Å². The van der Waals surface area contributed by atoms with Crippen molar-refractivity contribution in [3.05, 3.63) is 28.2 Å². The summed E-state index contributed by atoms with van der Waals surface area (Å²) < 4.78 is 26.4. The highest BCUT2D eigenvalue weighted by Crippen LogP contribution is 2.22. The number of halogens is 2. The van der Waals surface area contributed by atoms with Gasteiger partial charge in [0.15, 0.2) is 0 Å². The monoisotopic (exact) mass is 357 g/mol. The Hall–Kier alpha value is -0.470. The molecular weight excluding hydrogens is 345 g/mol. The topological polar surface area (TPSA) is 83.5 Å². The van der Waals surface area contributed by atoms with Crippen molar-refractivity contribution in [2.45, 2.75) is 17.4 Å². The SMILES string of the molecule is CSCC[C@@H](NS(=O)(=O)c1cc(Cl)cc(Cl)c1)C(=O)O. The second-order valence-electron chi connectivity index (χ2n) is 3.90. The summed E-state index contributed by atoms with van der Waals surface area (Å²) in [5, 5.41) is 9.35. The van der Waals surface area contributed by atoms with Crippen LogP contribution in [-0.4, -0.2) is 37.5 Å². The molecular formula is C11H13Cl2NO4S2. The summed E-state index contributed by atoms with van der Waals surface area (Å²) in [5.41, 5.74) is 0. The van der Waals surface area contributed by atoms with Crippen LogP contribution in [0.5, 0.6) is 0 Å². The fraction of sp³-hybridized carbons (Fsp3) is 0.364. The molecule has 0 unspecified atom stereocenters. The van der Waals surface area contributed by atoms with Crippen LogP contribution in [0.2, 0.25) is 10.0 Å². The highest BCUT2D eigenvalue weighted by molar-refractivity contribution is 7.98. The predicted molar refractivity (Wildman–Crippen MR) is 81.2 cm³/mol. The minimum absolute atomic E-state index is 0.161. The third kappa shape index (κ3) is 5.14. The van der Waals surface area contributed by atoms with E-state index in [-0.39, 0.29) is 21.4 Å². The largest absolute Gasteiger partial charge is 0.480 e. The lowest BCUT2D eigenvalue weighted by molar-refractivity contribution is -0.139. The molecule has 0 bridgehead atoms. The van der Waals surface area contributed by atoms with Gasteiger partial charge in [-0.3, -0.25) is 4.79 Å². The number of carboxylic acids is 1. The van der Waals surface area contributed by atoms with Crippen molar-refractivity contribution in [3.63, 3.8) is 0 Å². The molecule has 0 aliphatic carbocycles. The van der Waals surface area contributed by atoms with E-state index in [1.807, 2.05) is 6.26 Å². The van der Waals surface area contributed by atoms with Crippen LogP contribution in [0.15, 0.2) is 23.1 Å². The quantitative estimate of drug-likeness (QED) is 0.782. The fourth-order valence-electron chi connectivity index (χ4n) is 1.41. The van der Waals surface area contributed by atoms with Gasteiger partial charge in [-0.15, -0.1) is 0 Å². The Morgan fingerprint density at radius 2 is 1.90 bits per heavy atom. The van der Waals surface area contributed by atoms with Crippen LogP contribution in [-0.2, 0) is 14.8 Å². The summed E-state index contributed by atoms with van der Waals surface area (Å²) in [5.74, 6) is -0.703. The number of rotatable bonds is 7. The average Bonchev–Trinajstić information content (AvgIpc) is 2.32. The maximum atomic E-state index is 12.1. The van der Waals surface area contributed by atoms with E-state index >= 15 is 0 Å². The summed E-state index contributed by atoms with van der Waals surface area (Å²) >= 11 is 12.9. The van der Waals surface area contributed by atoms with Gasteiger partial charge in [-0.05, 0) is 36.6 Å². The molecule has 112 valence electrons.